The largest absolute Gasteiger partial charge is 0.497 e. The molecule has 0 saturated heterocycles. The number of anilines is 2. The molecule has 9 heteroatoms. The van der Waals surface area contributed by atoms with Gasteiger partial charge in [0.2, 0.25) is 5.91 Å². The van der Waals surface area contributed by atoms with Gasteiger partial charge in [-0.25, -0.2) is 9.48 Å². The zero-order valence-electron chi connectivity index (χ0n) is 22.0. The monoisotopic (exact) mass is 502 g/mol. The number of nitriles is 1. The van der Waals surface area contributed by atoms with Gasteiger partial charge in [-0.1, -0.05) is 34.1 Å². The van der Waals surface area contributed by atoms with Crippen molar-refractivity contribution < 1.29 is 14.3 Å². The number of benzene rings is 2. The Balaban J connectivity index is 1.79. The number of carbonyl (C=O) groups excluding carboxylic acids is 2. The van der Waals surface area contributed by atoms with Crippen LogP contribution in [-0.4, -0.2) is 46.8 Å². The number of unbranched alkanes of at least 4 members (excludes halogenated alkanes) is 1. The highest BCUT2D eigenvalue weighted by atomic mass is 16.5. The molecule has 0 aliphatic rings. The third-order valence-corrected chi connectivity index (χ3v) is 5.73. The fraction of sp³-hybridized carbons (Fsp3) is 0.357. The molecular weight excluding hydrogens is 468 g/mol. The molecule has 1 heterocycles. The summed E-state index contributed by atoms with van der Waals surface area (Å²) in [6.07, 6.45) is 1.63. The SMILES string of the molecule is CCCCN(CC(=O)Nc1cc(C(C)(C)C)nn1-c1ccc(OC)cc1)C(=O)Nc1ccc(C#N)cc1. The number of nitrogens with zero attached hydrogens (tertiary/aromatic N) is 4. The minimum atomic E-state index is -0.382. The number of carbonyl (C=O) groups is 2. The van der Waals surface area contributed by atoms with E-state index in [1.54, 1.807) is 36.1 Å². The summed E-state index contributed by atoms with van der Waals surface area (Å²) in [6, 6.07) is 17.5. The first-order valence-electron chi connectivity index (χ1n) is 12.3. The lowest BCUT2D eigenvalue weighted by atomic mass is 9.92. The summed E-state index contributed by atoms with van der Waals surface area (Å²) < 4.78 is 6.94. The minimum Gasteiger partial charge on any atom is -0.497 e. The van der Waals surface area contributed by atoms with E-state index in [1.165, 1.54) is 4.90 Å². The van der Waals surface area contributed by atoms with Crippen LogP contribution in [0.4, 0.5) is 16.3 Å². The quantitative estimate of drug-likeness (QED) is 0.411. The van der Waals surface area contributed by atoms with Crippen molar-refractivity contribution in [2.45, 2.75) is 46.0 Å². The smallest absolute Gasteiger partial charge is 0.322 e. The molecule has 0 saturated carbocycles. The number of methoxy groups -OCH3 is 1. The zero-order chi connectivity index (χ0) is 27.0. The Hall–Kier alpha value is -4.32. The van der Waals surface area contributed by atoms with Crippen molar-refractivity contribution in [3.63, 3.8) is 0 Å². The predicted octanol–water partition coefficient (Wildman–Crippen LogP) is 5.32. The number of amides is 3. The molecule has 0 unspecified atom stereocenters. The number of aromatic nitrogens is 2. The number of hydrogen-bond donors (Lipinski definition) is 2. The summed E-state index contributed by atoms with van der Waals surface area (Å²) >= 11 is 0. The van der Waals surface area contributed by atoms with Crippen molar-refractivity contribution in [1.82, 2.24) is 14.7 Å². The van der Waals surface area contributed by atoms with E-state index in [0.717, 1.165) is 30.0 Å². The molecule has 2 N–H and O–H groups in total. The number of rotatable bonds is 9. The molecule has 0 radical (unpaired) electrons. The highest BCUT2D eigenvalue weighted by Gasteiger charge is 2.23. The van der Waals surface area contributed by atoms with Gasteiger partial charge >= 0.3 is 6.03 Å². The Bertz CT molecular complexity index is 1250. The van der Waals surface area contributed by atoms with Crippen LogP contribution in [0.1, 0.15) is 51.8 Å². The van der Waals surface area contributed by atoms with E-state index in [9.17, 15) is 9.59 Å². The number of ether oxygens (including phenoxy) is 1. The standard InChI is InChI=1S/C28H34N6O3/c1-6-7-16-33(27(36)30-21-10-8-20(18-29)9-11-21)19-26(35)31-25-17-24(28(2,3)4)32-34(25)22-12-14-23(37-5)15-13-22/h8-15,17H,6-7,16,19H2,1-5H3,(H,30,36)(H,31,35). The van der Waals surface area contributed by atoms with Gasteiger partial charge < -0.3 is 20.3 Å². The first kappa shape index (κ1) is 27.3. The molecule has 1 aromatic heterocycles. The van der Waals surface area contributed by atoms with Crippen LogP contribution in [-0.2, 0) is 10.2 Å². The molecule has 9 nitrogen and oxygen atoms in total. The van der Waals surface area contributed by atoms with Crippen LogP contribution in [0.3, 0.4) is 0 Å². The van der Waals surface area contributed by atoms with Gasteiger partial charge in [0.05, 0.1) is 30.1 Å². The molecule has 0 spiro atoms. The molecule has 0 bridgehead atoms. The third-order valence-electron chi connectivity index (χ3n) is 5.73. The Morgan fingerprint density at radius 3 is 2.32 bits per heavy atom. The van der Waals surface area contributed by atoms with E-state index in [2.05, 4.69) is 37.5 Å². The Kier molecular flexibility index (Phi) is 8.90. The average Bonchev–Trinajstić information content (AvgIpc) is 3.31. The Morgan fingerprint density at radius 1 is 1.08 bits per heavy atom. The third kappa shape index (κ3) is 7.34. The van der Waals surface area contributed by atoms with E-state index in [0.29, 0.717) is 23.6 Å². The summed E-state index contributed by atoms with van der Waals surface area (Å²) in [5.41, 5.74) is 2.42. The van der Waals surface area contributed by atoms with E-state index in [-0.39, 0.29) is 23.9 Å². The fourth-order valence-corrected chi connectivity index (χ4v) is 3.54. The average molecular weight is 503 g/mol. The molecule has 0 aliphatic heterocycles. The van der Waals surface area contributed by atoms with Crippen molar-refractivity contribution in [3.8, 4) is 17.5 Å². The molecule has 3 amide bonds. The molecule has 194 valence electrons. The van der Waals surface area contributed by atoms with Crippen LogP contribution < -0.4 is 15.4 Å². The molecule has 3 rings (SSSR count). The summed E-state index contributed by atoms with van der Waals surface area (Å²) in [5.74, 6) is 0.904. The van der Waals surface area contributed by atoms with Gasteiger partial charge in [-0.2, -0.15) is 10.4 Å². The van der Waals surface area contributed by atoms with Crippen LogP contribution in [0.5, 0.6) is 5.75 Å². The second kappa shape index (κ2) is 12.1. The first-order valence-corrected chi connectivity index (χ1v) is 12.3. The van der Waals surface area contributed by atoms with Gasteiger partial charge in [-0.15, -0.1) is 0 Å². The maximum Gasteiger partial charge on any atom is 0.322 e. The molecule has 0 aliphatic carbocycles. The maximum absolute atomic E-state index is 13.1. The zero-order valence-corrected chi connectivity index (χ0v) is 22.0. The lowest BCUT2D eigenvalue weighted by molar-refractivity contribution is -0.116. The fourth-order valence-electron chi connectivity index (χ4n) is 3.54. The highest BCUT2D eigenvalue weighted by molar-refractivity contribution is 5.96. The lowest BCUT2D eigenvalue weighted by Gasteiger charge is -2.22. The summed E-state index contributed by atoms with van der Waals surface area (Å²) in [5, 5.41) is 19.5. The van der Waals surface area contributed by atoms with Crippen LogP contribution in [0.2, 0.25) is 0 Å². The number of hydrogen-bond acceptors (Lipinski definition) is 5. The van der Waals surface area contributed by atoms with Crippen LogP contribution in [0.25, 0.3) is 5.69 Å². The van der Waals surface area contributed by atoms with E-state index in [4.69, 9.17) is 15.1 Å². The predicted molar refractivity (Wildman–Crippen MR) is 144 cm³/mol. The summed E-state index contributed by atoms with van der Waals surface area (Å²) in [6.45, 7) is 8.49. The second-order valence-corrected chi connectivity index (χ2v) is 9.72. The lowest BCUT2D eigenvalue weighted by Crippen LogP contribution is -2.41. The molecule has 0 atom stereocenters. The maximum atomic E-state index is 13.1. The van der Waals surface area contributed by atoms with Gasteiger partial charge in [0.25, 0.3) is 0 Å². The first-order chi connectivity index (χ1) is 17.6. The molecule has 3 aromatic rings. The van der Waals surface area contributed by atoms with Crippen LogP contribution in [0.15, 0.2) is 54.6 Å². The van der Waals surface area contributed by atoms with Crippen molar-refractivity contribution in [2.75, 3.05) is 30.8 Å². The highest BCUT2D eigenvalue weighted by Crippen LogP contribution is 2.27. The van der Waals surface area contributed by atoms with Gasteiger partial charge in [-0.05, 0) is 55.0 Å². The van der Waals surface area contributed by atoms with Gasteiger partial charge in [0, 0.05) is 23.7 Å². The van der Waals surface area contributed by atoms with Gasteiger partial charge in [0.15, 0.2) is 0 Å². The molecule has 37 heavy (non-hydrogen) atoms. The topological polar surface area (TPSA) is 112 Å². The van der Waals surface area contributed by atoms with Crippen molar-refractivity contribution >= 4 is 23.4 Å². The van der Waals surface area contributed by atoms with Crippen LogP contribution >= 0.6 is 0 Å². The Labute approximate surface area is 218 Å². The molecule has 0 fully saturated rings. The molecule has 2 aromatic carbocycles. The van der Waals surface area contributed by atoms with E-state index in [1.807, 2.05) is 37.3 Å². The van der Waals surface area contributed by atoms with Crippen LogP contribution in [0, 0.1) is 11.3 Å². The summed E-state index contributed by atoms with van der Waals surface area (Å²) in [7, 11) is 1.61. The Morgan fingerprint density at radius 2 is 1.76 bits per heavy atom. The van der Waals surface area contributed by atoms with Crippen molar-refractivity contribution in [1.29, 1.82) is 5.26 Å². The van der Waals surface area contributed by atoms with Gasteiger partial charge in [-0.3, -0.25) is 4.79 Å². The van der Waals surface area contributed by atoms with E-state index < -0.39 is 0 Å². The molecular formula is C28H34N6O3. The number of nitrogens with one attached hydrogen (secondary N) is 2. The number of urea groups is 1. The minimum absolute atomic E-state index is 0.124. The normalized spacial score (nSPS) is 10.9. The van der Waals surface area contributed by atoms with Crippen molar-refractivity contribution in [2.24, 2.45) is 0 Å². The van der Waals surface area contributed by atoms with Crippen molar-refractivity contribution in [3.05, 3.63) is 65.9 Å². The summed E-state index contributed by atoms with van der Waals surface area (Å²) in [4.78, 5) is 27.6. The van der Waals surface area contributed by atoms with E-state index >= 15 is 0 Å². The second-order valence-electron chi connectivity index (χ2n) is 9.72. The van der Waals surface area contributed by atoms with Gasteiger partial charge in [0.1, 0.15) is 18.1 Å².